The van der Waals surface area contributed by atoms with Gasteiger partial charge in [-0.1, -0.05) is 11.6 Å². The Morgan fingerprint density at radius 1 is 1.24 bits per heavy atom. The molecule has 0 radical (unpaired) electrons. The molecular weight excluding hydrogens is 364 g/mol. The third kappa shape index (κ3) is 2.83. The number of sulfonamides is 1. The van der Waals surface area contributed by atoms with Crippen molar-refractivity contribution in [2.45, 2.75) is 4.90 Å². The van der Waals surface area contributed by atoms with Crippen LogP contribution in [-0.4, -0.2) is 33.2 Å². The number of hydrogen-bond donors (Lipinski definition) is 2. The van der Waals surface area contributed by atoms with Crippen molar-refractivity contribution in [1.82, 2.24) is 24.7 Å². The zero-order valence-electron chi connectivity index (χ0n) is 12.6. The summed E-state index contributed by atoms with van der Waals surface area (Å²) < 4.78 is 29.7. The molecule has 0 unspecified atom stereocenters. The second-order valence-electron chi connectivity index (χ2n) is 5.16. The van der Waals surface area contributed by atoms with Crippen molar-refractivity contribution in [1.29, 1.82) is 0 Å². The average Bonchev–Trinajstić information content (AvgIpc) is 3.24. The van der Waals surface area contributed by atoms with Gasteiger partial charge in [-0.25, -0.2) is 23.1 Å². The molecule has 2 N–H and O–H groups in total. The summed E-state index contributed by atoms with van der Waals surface area (Å²) in [6, 6.07) is 8.18. The van der Waals surface area contributed by atoms with Gasteiger partial charge in [0, 0.05) is 22.8 Å². The first-order valence-corrected chi connectivity index (χ1v) is 9.00. The molecule has 8 nitrogen and oxygen atoms in total. The third-order valence-electron chi connectivity index (χ3n) is 3.57. The van der Waals surface area contributed by atoms with Crippen molar-refractivity contribution in [3.8, 4) is 5.69 Å². The van der Waals surface area contributed by atoms with Crippen LogP contribution in [0.5, 0.6) is 0 Å². The van der Waals surface area contributed by atoms with E-state index in [1.165, 1.54) is 29.6 Å². The number of H-pyrrole nitrogens is 1. The zero-order chi connectivity index (χ0) is 17.4. The van der Waals surface area contributed by atoms with Crippen LogP contribution >= 0.6 is 11.6 Å². The molecule has 0 spiro atoms. The molecule has 3 aromatic heterocycles. The predicted octanol–water partition coefficient (Wildman–Crippen LogP) is 2.60. The van der Waals surface area contributed by atoms with Crippen LogP contribution < -0.4 is 4.72 Å². The molecule has 3 heterocycles. The number of aromatic nitrogens is 5. The maximum absolute atomic E-state index is 12.9. The molecule has 10 heteroatoms. The van der Waals surface area contributed by atoms with Crippen molar-refractivity contribution in [3.05, 3.63) is 60.4 Å². The Bertz CT molecular complexity index is 1150. The molecule has 0 amide bonds. The van der Waals surface area contributed by atoms with E-state index in [9.17, 15) is 8.42 Å². The maximum atomic E-state index is 12.9. The second kappa shape index (κ2) is 5.87. The summed E-state index contributed by atoms with van der Waals surface area (Å²) in [5.41, 5.74) is 1.28. The minimum Gasteiger partial charge on any atom is -0.345 e. The molecule has 1 aromatic carbocycles. The largest absolute Gasteiger partial charge is 0.345 e. The lowest BCUT2D eigenvalue weighted by molar-refractivity contribution is 0.602. The molecular formula is C15H11ClN6O2S. The van der Waals surface area contributed by atoms with Crippen LogP contribution in [0.3, 0.4) is 0 Å². The van der Waals surface area contributed by atoms with Crippen LogP contribution in [0.2, 0.25) is 5.02 Å². The van der Waals surface area contributed by atoms with E-state index in [0.29, 0.717) is 21.7 Å². The lowest BCUT2D eigenvalue weighted by Crippen LogP contribution is -2.14. The second-order valence-corrected chi connectivity index (χ2v) is 7.25. The Labute approximate surface area is 147 Å². The Kier molecular flexibility index (Phi) is 3.66. The Morgan fingerprint density at radius 2 is 2.12 bits per heavy atom. The van der Waals surface area contributed by atoms with Gasteiger partial charge in [-0.05, 0) is 30.3 Å². The van der Waals surface area contributed by atoms with Crippen molar-refractivity contribution in [2.24, 2.45) is 0 Å². The normalized spacial score (nSPS) is 11.7. The summed E-state index contributed by atoms with van der Waals surface area (Å²) >= 11 is 6.03. The number of nitrogens with one attached hydrogen (secondary N) is 2. The molecule has 4 rings (SSSR count). The van der Waals surface area contributed by atoms with E-state index in [2.05, 4.69) is 24.8 Å². The highest BCUT2D eigenvalue weighted by Gasteiger charge is 2.21. The molecule has 0 aliphatic heterocycles. The van der Waals surface area contributed by atoms with Gasteiger partial charge in [0.05, 0.1) is 11.4 Å². The standard InChI is InChI=1S/C15H11ClN6O2S/c16-10-3-4-13(22-9-17-8-20-22)12(6-10)21-25(23,24)14-7-19-15-11(14)2-1-5-18-15/h1-9,21H,(H,18,19). The van der Waals surface area contributed by atoms with Gasteiger partial charge in [0.15, 0.2) is 0 Å². The van der Waals surface area contributed by atoms with Crippen LogP contribution in [0.15, 0.2) is 60.3 Å². The average molecular weight is 375 g/mol. The fraction of sp³-hybridized carbons (Fsp3) is 0. The Morgan fingerprint density at radius 3 is 2.92 bits per heavy atom. The number of halogens is 1. The lowest BCUT2D eigenvalue weighted by atomic mass is 10.3. The van der Waals surface area contributed by atoms with Crippen molar-refractivity contribution in [2.75, 3.05) is 4.72 Å². The molecule has 0 aliphatic carbocycles. The molecule has 0 atom stereocenters. The Hall–Kier alpha value is -2.91. The van der Waals surface area contributed by atoms with E-state index in [4.69, 9.17) is 11.6 Å². The smallest absolute Gasteiger partial charge is 0.264 e. The van der Waals surface area contributed by atoms with Gasteiger partial charge in [-0.3, -0.25) is 4.72 Å². The van der Waals surface area contributed by atoms with E-state index in [1.807, 2.05) is 0 Å². The summed E-state index contributed by atoms with van der Waals surface area (Å²) in [7, 11) is -3.87. The van der Waals surface area contributed by atoms with Gasteiger partial charge >= 0.3 is 0 Å². The topological polar surface area (TPSA) is 106 Å². The van der Waals surface area contributed by atoms with Crippen molar-refractivity contribution < 1.29 is 8.42 Å². The van der Waals surface area contributed by atoms with Crippen LogP contribution in [0.25, 0.3) is 16.7 Å². The van der Waals surface area contributed by atoms with Gasteiger partial charge in [-0.15, -0.1) is 0 Å². The van der Waals surface area contributed by atoms with Crippen LogP contribution in [0.4, 0.5) is 5.69 Å². The number of aromatic amines is 1. The number of hydrogen-bond acceptors (Lipinski definition) is 5. The molecule has 4 aromatic rings. The number of fused-ring (bicyclic) bond motifs is 1. The fourth-order valence-corrected chi connectivity index (χ4v) is 3.88. The third-order valence-corrected chi connectivity index (χ3v) is 5.21. The zero-order valence-corrected chi connectivity index (χ0v) is 14.2. The monoisotopic (exact) mass is 374 g/mol. The molecule has 0 bridgehead atoms. The molecule has 126 valence electrons. The number of pyridine rings is 1. The summed E-state index contributed by atoms with van der Waals surface area (Å²) in [5.74, 6) is 0. The van der Waals surface area contributed by atoms with Gasteiger partial charge in [-0.2, -0.15) is 5.10 Å². The number of nitrogens with zero attached hydrogens (tertiary/aromatic N) is 4. The number of benzene rings is 1. The lowest BCUT2D eigenvalue weighted by Gasteiger charge is -2.12. The molecule has 25 heavy (non-hydrogen) atoms. The van der Waals surface area contributed by atoms with Crippen LogP contribution in [-0.2, 0) is 10.0 Å². The molecule has 0 saturated carbocycles. The van der Waals surface area contributed by atoms with Gasteiger partial charge in [0.2, 0.25) is 0 Å². The molecule has 0 saturated heterocycles. The molecule has 0 aliphatic rings. The van der Waals surface area contributed by atoms with Crippen LogP contribution in [0, 0.1) is 0 Å². The predicted molar refractivity (Wildman–Crippen MR) is 93.3 cm³/mol. The van der Waals surface area contributed by atoms with E-state index in [0.717, 1.165) is 0 Å². The van der Waals surface area contributed by atoms with Gasteiger partial charge < -0.3 is 4.98 Å². The quantitative estimate of drug-likeness (QED) is 0.571. The first kappa shape index (κ1) is 15.6. The SMILES string of the molecule is O=S(=O)(Nc1cc(Cl)ccc1-n1cncn1)c1c[nH]c2ncccc12. The summed E-state index contributed by atoms with van der Waals surface area (Å²) in [4.78, 5) is 10.9. The molecule has 0 fully saturated rings. The highest BCUT2D eigenvalue weighted by atomic mass is 35.5. The summed E-state index contributed by atoms with van der Waals surface area (Å²) in [6.07, 6.45) is 5.82. The summed E-state index contributed by atoms with van der Waals surface area (Å²) in [6.45, 7) is 0. The van der Waals surface area contributed by atoms with Crippen molar-refractivity contribution in [3.63, 3.8) is 0 Å². The van der Waals surface area contributed by atoms with Crippen molar-refractivity contribution >= 4 is 38.3 Å². The van der Waals surface area contributed by atoms with E-state index in [-0.39, 0.29) is 10.6 Å². The van der Waals surface area contributed by atoms with E-state index in [1.54, 1.807) is 30.5 Å². The number of anilines is 1. The number of rotatable bonds is 4. The van der Waals surface area contributed by atoms with E-state index < -0.39 is 10.0 Å². The minimum atomic E-state index is -3.87. The van der Waals surface area contributed by atoms with Gasteiger partial charge in [0.1, 0.15) is 23.2 Å². The summed E-state index contributed by atoms with van der Waals surface area (Å²) in [5, 5.41) is 4.92. The highest BCUT2D eigenvalue weighted by Crippen LogP contribution is 2.28. The van der Waals surface area contributed by atoms with E-state index >= 15 is 0 Å². The first-order chi connectivity index (χ1) is 12.0. The fourth-order valence-electron chi connectivity index (χ4n) is 2.48. The minimum absolute atomic E-state index is 0.0973. The van der Waals surface area contributed by atoms with Gasteiger partial charge in [0.25, 0.3) is 10.0 Å². The first-order valence-electron chi connectivity index (χ1n) is 7.14. The Balaban J connectivity index is 1.81. The van der Waals surface area contributed by atoms with Crippen LogP contribution in [0.1, 0.15) is 0 Å². The maximum Gasteiger partial charge on any atom is 0.264 e. The highest BCUT2D eigenvalue weighted by molar-refractivity contribution is 7.93.